The van der Waals surface area contributed by atoms with E-state index in [0.29, 0.717) is 0 Å². The Morgan fingerprint density at radius 1 is 1.05 bits per heavy atom. The Morgan fingerprint density at radius 3 is 2.45 bits per heavy atom. The standard InChI is InChI=1S/C16H26N4/c1-13-7-8-15(17)16(18-13)20-11-9-19(10-12-20)14-5-3-2-4-6-14/h7-8,14H,2-6,9-12,17H2,1H3. The van der Waals surface area contributed by atoms with Crippen LogP contribution < -0.4 is 10.6 Å². The highest BCUT2D eigenvalue weighted by molar-refractivity contribution is 5.63. The van der Waals surface area contributed by atoms with Gasteiger partial charge < -0.3 is 10.6 Å². The average Bonchev–Trinajstić information content (AvgIpc) is 2.51. The van der Waals surface area contributed by atoms with Gasteiger partial charge in [-0.1, -0.05) is 19.3 Å². The number of nitrogen functional groups attached to an aromatic ring is 1. The van der Waals surface area contributed by atoms with Crippen molar-refractivity contribution in [3.8, 4) is 0 Å². The molecule has 0 spiro atoms. The van der Waals surface area contributed by atoms with Crippen LogP contribution in [0.3, 0.4) is 0 Å². The van der Waals surface area contributed by atoms with E-state index in [-0.39, 0.29) is 0 Å². The lowest BCUT2D eigenvalue weighted by Gasteiger charge is -2.41. The van der Waals surface area contributed by atoms with Crippen LogP contribution in [0, 0.1) is 6.92 Å². The van der Waals surface area contributed by atoms with Crippen molar-refractivity contribution in [2.75, 3.05) is 36.8 Å². The van der Waals surface area contributed by atoms with Crippen molar-refractivity contribution in [1.29, 1.82) is 0 Å². The highest BCUT2D eigenvalue weighted by Crippen LogP contribution is 2.26. The molecule has 4 nitrogen and oxygen atoms in total. The van der Waals surface area contributed by atoms with E-state index in [1.165, 1.54) is 32.1 Å². The summed E-state index contributed by atoms with van der Waals surface area (Å²) in [5.74, 6) is 0.980. The number of piperazine rings is 1. The molecule has 2 fully saturated rings. The fourth-order valence-corrected chi connectivity index (χ4v) is 3.55. The van der Waals surface area contributed by atoms with Crippen LogP contribution in [0.4, 0.5) is 11.5 Å². The topological polar surface area (TPSA) is 45.4 Å². The fraction of sp³-hybridized carbons (Fsp3) is 0.688. The van der Waals surface area contributed by atoms with Crippen LogP contribution in [0.25, 0.3) is 0 Å². The van der Waals surface area contributed by atoms with Crippen molar-refractivity contribution in [1.82, 2.24) is 9.88 Å². The number of nitrogens with zero attached hydrogens (tertiary/aromatic N) is 3. The first kappa shape index (κ1) is 13.7. The molecular weight excluding hydrogens is 248 g/mol. The van der Waals surface area contributed by atoms with E-state index >= 15 is 0 Å². The Kier molecular flexibility index (Phi) is 4.10. The summed E-state index contributed by atoms with van der Waals surface area (Å²) in [5, 5.41) is 0. The average molecular weight is 274 g/mol. The molecule has 0 aromatic carbocycles. The monoisotopic (exact) mass is 274 g/mol. The number of aryl methyl sites for hydroxylation is 1. The van der Waals surface area contributed by atoms with Gasteiger partial charge in [0.05, 0.1) is 5.69 Å². The Hall–Kier alpha value is -1.29. The van der Waals surface area contributed by atoms with Gasteiger partial charge in [-0.15, -0.1) is 0 Å². The van der Waals surface area contributed by atoms with Crippen LogP contribution in [-0.4, -0.2) is 42.1 Å². The molecule has 0 radical (unpaired) electrons. The van der Waals surface area contributed by atoms with E-state index in [2.05, 4.69) is 14.8 Å². The lowest BCUT2D eigenvalue weighted by atomic mass is 9.94. The van der Waals surface area contributed by atoms with Crippen molar-refractivity contribution in [2.24, 2.45) is 0 Å². The van der Waals surface area contributed by atoms with Crippen LogP contribution in [0.5, 0.6) is 0 Å². The predicted octanol–water partition coefficient (Wildman–Crippen LogP) is 2.43. The minimum atomic E-state index is 0.807. The number of hydrogen-bond acceptors (Lipinski definition) is 4. The Labute approximate surface area is 122 Å². The predicted molar refractivity (Wildman–Crippen MR) is 84.0 cm³/mol. The van der Waals surface area contributed by atoms with E-state index < -0.39 is 0 Å². The van der Waals surface area contributed by atoms with Gasteiger partial charge in [0.25, 0.3) is 0 Å². The normalized spacial score (nSPS) is 22.1. The van der Waals surface area contributed by atoms with Gasteiger partial charge in [-0.2, -0.15) is 0 Å². The maximum absolute atomic E-state index is 6.08. The second-order valence-electron chi connectivity index (χ2n) is 6.18. The lowest BCUT2D eigenvalue weighted by molar-refractivity contribution is 0.147. The van der Waals surface area contributed by atoms with Gasteiger partial charge in [0.1, 0.15) is 0 Å². The zero-order valence-corrected chi connectivity index (χ0v) is 12.5. The van der Waals surface area contributed by atoms with Gasteiger partial charge in [-0.05, 0) is 31.9 Å². The highest BCUT2D eigenvalue weighted by Gasteiger charge is 2.26. The van der Waals surface area contributed by atoms with E-state index in [9.17, 15) is 0 Å². The molecule has 4 heteroatoms. The van der Waals surface area contributed by atoms with Crippen molar-refractivity contribution in [3.05, 3.63) is 17.8 Å². The van der Waals surface area contributed by atoms with Crippen LogP contribution in [0.2, 0.25) is 0 Å². The maximum atomic E-state index is 6.08. The SMILES string of the molecule is Cc1ccc(N)c(N2CCN(C3CCCCC3)CC2)n1. The molecule has 1 aliphatic carbocycles. The zero-order chi connectivity index (χ0) is 13.9. The number of nitrogens with two attached hydrogens (primary N) is 1. The number of hydrogen-bond donors (Lipinski definition) is 1. The number of anilines is 2. The Bertz CT molecular complexity index is 446. The van der Waals surface area contributed by atoms with Gasteiger partial charge in [0.2, 0.25) is 0 Å². The van der Waals surface area contributed by atoms with E-state index in [1.807, 2.05) is 19.1 Å². The molecule has 1 saturated carbocycles. The first-order valence-electron chi connectivity index (χ1n) is 7.96. The van der Waals surface area contributed by atoms with E-state index in [0.717, 1.165) is 49.4 Å². The van der Waals surface area contributed by atoms with Crippen LogP contribution in [-0.2, 0) is 0 Å². The molecule has 3 rings (SSSR count). The third-order valence-corrected chi connectivity index (χ3v) is 4.75. The van der Waals surface area contributed by atoms with Crippen LogP contribution >= 0.6 is 0 Å². The van der Waals surface area contributed by atoms with Gasteiger partial charge in [0, 0.05) is 37.9 Å². The molecule has 0 atom stereocenters. The van der Waals surface area contributed by atoms with Crippen LogP contribution in [0.15, 0.2) is 12.1 Å². The molecule has 2 heterocycles. The first-order valence-corrected chi connectivity index (χ1v) is 7.96. The third-order valence-electron chi connectivity index (χ3n) is 4.75. The summed E-state index contributed by atoms with van der Waals surface area (Å²) in [4.78, 5) is 9.65. The fourth-order valence-electron chi connectivity index (χ4n) is 3.55. The number of aromatic nitrogens is 1. The van der Waals surface area contributed by atoms with Gasteiger partial charge >= 0.3 is 0 Å². The van der Waals surface area contributed by atoms with Crippen molar-refractivity contribution >= 4 is 11.5 Å². The van der Waals surface area contributed by atoms with Gasteiger partial charge in [-0.3, -0.25) is 4.90 Å². The summed E-state index contributed by atoms with van der Waals surface area (Å²) in [7, 11) is 0. The smallest absolute Gasteiger partial charge is 0.152 e. The molecule has 1 aliphatic heterocycles. The summed E-state index contributed by atoms with van der Waals surface area (Å²) in [6.45, 7) is 6.44. The first-order chi connectivity index (χ1) is 9.74. The molecule has 20 heavy (non-hydrogen) atoms. The molecule has 2 N–H and O–H groups in total. The lowest BCUT2D eigenvalue weighted by Crippen LogP contribution is -2.51. The summed E-state index contributed by atoms with van der Waals surface area (Å²) in [6, 6.07) is 4.79. The summed E-state index contributed by atoms with van der Waals surface area (Å²) >= 11 is 0. The van der Waals surface area contributed by atoms with Gasteiger partial charge in [-0.25, -0.2) is 4.98 Å². The maximum Gasteiger partial charge on any atom is 0.152 e. The molecule has 1 aromatic rings. The minimum Gasteiger partial charge on any atom is -0.396 e. The molecule has 1 saturated heterocycles. The number of rotatable bonds is 2. The largest absolute Gasteiger partial charge is 0.396 e. The highest BCUT2D eigenvalue weighted by atomic mass is 15.3. The van der Waals surface area contributed by atoms with Gasteiger partial charge in [0.15, 0.2) is 5.82 Å². The quantitative estimate of drug-likeness (QED) is 0.899. The molecule has 1 aromatic heterocycles. The summed E-state index contributed by atoms with van der Waals surface area (Å²) in [6.07, 6.45) is 7.05. The second-order valence-corrected chi connectivity index (χ2v) is 6.18. The van der Waals surface area contributed by atoms with Crippen molar-refractivity contribution < 1.29 is 0 Å². The third kappa shape index (κ3) is 2.90. The summed E-state index contributed by atoms with van der Waals surface area (Å²) < 4.78 is 0. The minimum absolute atomic E-state index is 0.807. The second kappa shape index (κ2) is 6.00. The molecular formula is C16H26N4. The molecule has 0 amide bonds. The van der Waals surface area contributed by atoms with Crippen molar-refractivity contribution in [3.63, 3.8) is 0 Å². The van der Waals surface area contributed by atoms with Crippen molar-refractivity contribution in [2.45, 2.75) is 45.1 Å². The Balaban J connectivity index is 1.61. The van der Waals surface area contributed by atoms with E-state index in [1.54, 1.807) is 0 Å². The molecule has 0 unspecified atom stereocenters. The molecule has 110 valence electrons. The summed E-state index contributed by atoms with van der Waals surface area (Å²) in [5.41, 5.74) is 7.93. The van der Waals surface area contributed by atoms with Crippen LogP contribution in [0.1, 0.15) is 37.8 Å². The molecule has 0 bridgehead atoms. The molecule has 2 aliphatic rings. The number of pyridine rings is 1. The Morgan fingerprint density at radius 2 is 1.75 bits per heavy atom. The van der Waals surface area contributed by atoms with E-state index in [4.69, 9.17) is 5.73 Å². The zero-order valence-electron chi connectivity index (χ0n) is 12.5.